The van der Waals surface area contributed by atoms with Gasteiger partial charge < -0.3 is 9.40 Å². The molecule has 4 rings (SSSR count). The van der Waals surface area contributed by atoms with E-state index in [9.17, 15) is 14.4 Å². The summed E-state index contributed by atoms with van der Waals surface area (Å²) >= 11 is 0. The quantitative estimate of drug-likeness (QED) is 0.543. The van der Waals surface area contributed by atoms with Crippen LogP contribution in [-0.4, -0.2) is 9.55 Å². The number of nitrogens with one attached hydrogen (secondary N) is 1. The van der Waals surface area contributed by atoms with Crippen LogP contribution in [0.3, 0.4) is 0 Å². The molecule has 0 amide bonds. The molecule has 0 aliphatic rings. The van der Waals surface area contributed by atoms with Crippen LogP contribution < -0.4 is 16.7 Å². The summed E-state index contributed by atoms with van der Waals surface area (Å²) in [5.74, 6) is 0. The predicted molar refractivity (Wildman–Crippen MR) is 86.2 cm³/mol. The number of rotatable bonds is 1. The standard InChI is InChI=1S/C17H10N2O4/c20-14-11-8-4-5-9-12(11)23-15-13(14)18-17(22)19(16(15)21)10-6-2-1-3-7-10/h1-9H,(H,18,22). The van der Waals surface area contributed by atoms with Crippen molar-refractivity contribution in [3.8, 4) is 5.69 Å². The van der Waals surface area contributed by atoms with Gasteiger partial charge in [-0.25, -0.2) is 9.36 Å². The van der Waals surface area contributed by atoms with E-state index in [0.29, 0.717) is 16.7 Å². The maximum Gasteiger partial charge on any atom is 0.333 e. The largest absolute Gasteiger partial charge is 0.448 e. The monoisotopic (exact) mass is 306 g/mol. The van der Waals surface area contributed by atoms with Crippen molar-refractivity contribution in [2.45, 2.75) is 0 Å². The molecule has 4 aromatic rings. The van der Waals surface area contributed by atoms with E-state index in [0.717, 1.165) is 4.57 Å². The Morgan fingerprint density at radius 3 is 2.35 bits per heavy atom. The molecule has 6 nitrogen and oxygen atoms in total. The average Bonchev–Trinajstić information content (AvgIpc) is 2.57. The number of hydrogen-bond donors (Lipinski definition) is 1. The van der Waals surface area contributed by atoms with Crippen molar-refractivity contribution in [1.82, 2.24) is 9.55 Å². The second-order valence-electron chi connectivity index (χ2n) is 5.04. The Morgan fingerprint density at radius 2 is 1.57 bits per heavy atom. The van der Waals surface area contributed by atoms with E-state index in [-0.39, 0.29) is 11.1 Å². The fraction of sp³-hybridized carbons (Fsp3) is 0. The van der Waals surface area contributed by atoms with Crippen LogP contribution in [0.15, 0.2) is 73.4 Å². The minimum Gasteiger partial charge on any atom is -0.448 e. The molecule has 112 valence electrons. The van der Waals surface area contributed by atoms with Crippen LogP contribution in [0.1, 0.15) is 0 Å². The van der Waals surface area contributed by atoms with E-state index in [1.54, 1.807) is 54.6 Å². The fourth-order valence-electron chi connectivity index (χ4n) is 2.57. The highest BCUT2D eigenvalue weighted by molar-refractivity contribution is 5.86. The van der Waals surface area contributed by atoms with E-state index >= 15 is 0 Å². The van der Waals surface area contributed by atoms with Crippen molar-refractivity contribution >= 4 is 22.1 Å². The van der Waals surface area contributed by atoms with Crippen LogP contribution in [0.5, 0.6) is 0 Å². The molecule has 0 atom stereocenters. The molecule has 0 saturated carbocycles. The summed E-state index contributed by atoms with van der Waals surface area (Å²) < 4.78 is 6.52. The molecular weight excluding hydrogens is 296 g/mol. The molecule has 2 aromatic heterocycles. The second kappa shape index (κ2) is 4.81. The van der Waals surface area contributed by atoms with E-state index in [4.69, 9.17) is 4.42 Å². The Labute approximate surface area is 128 Å². The van der Waals surface area contributed by atoms with Gasteiger partial charge in [0.05, 0.1) is 11.1 Å². The molecule has 0 aliphatic carbocycles. The van der Waals surface area contributed by atoms with Gasteiger partial charge in [0.15, 0.2) is 0 Å². The van der Waals surface area contributed by atoms with E-state index in [2.05, 4.69) is 4.98 Å². The fourth-order valence-corrected chi connectivity index (χ4v) is 2.57. The third-order valence-electron chi connectivity index (χ3n) is 3.64. The maximum absolute atomic E-state index is 12.7. The number of aromatic amines is 1. The van der Waals surface area contributed by atoms with Gasteiger partial charge in [0.1, 0.15) is 11.1 Å². The van der Waals surface area contributed by atoms with Crippen molar-refractivity contribution in [1.29, 1.82) is 0 Å². The number of fused-ring (bicyclic) bond motifs is 2. The lowest BCUT2D eigenvalue weighted by molar-refractivity contribution is 0.644. The Bertz CT molecular complexity index is 1220. The number of benzene rings is 2. The summed E-state index contributed by atoms with van der Waals surface area (Å²) in [6.45, 7) is 0. The minimum atomic E-state index is -0.684. The van der Waals surface area contributed by atoms with Crippen LogP contribution >= 0.6 is 0 Å². The third-order valence-corrected chi connectivity index (χ3v) is 3.64. The van der Waals surface area contributed by atoms with Crippen LogP contribution in [0.2, 0.25) is 0 Å². The van der Waals surface area contributed by atoms with Gasteiger partial charge in [-0.3, -0.25) is 9.59 Å². The molecule has 0 bridgehead atoms. The number of hydrogen-bond acceptors (Lipinski definition) is 4. The minimum absolute atomic E-state index is 0.120. The topological polar surface area (TPSA) is 85.1 Å². The highest BCUT2D eigenvalue weighted by Gasteiger charge is 2.15. The van der Waals surface area contributed by atoms with Crippen LogP contribution in [-0.2, 0) is 0 Å². The smallest absolute Gasteiger partial charge is 0.333 e. The van der Waals surface area contributed by atoms with Gasteiger partial charge in [-0.15, -0.1) is 0 Å². The van der Waals surface area contributed by atoms with Gasteiger partial charge in [-0.05, 0) is 24.3 Å². The number of H-pyrrole nitrogens is 1. The lowest BCUT2D eigenvalue weighted by Gasteiger charge is -2.06. The summed E-state index contributed by atoms with van der Waals surface area (Å²) in [4.78, 5) is 39.8. The zero-order chi connectivity index (χ0) is 16.0. The summed E-state index contributed by atoms with van der Waals surface area (Å²) in [5.41, 5.74) is -1.38. The van der Waals surface area contributed by atoms with Crippen molar-refractivity contribution < 1.29 is 4.42 Å². The van der Waals surface area contributed by atoms with Gasteiger partial charge in [0.2, 0.25) is 11.0 Å². The normalized spacial score (nSPS) is 11.1. The first kappa shape index (κ1) is 13.3. The van der Waals surface area contributed by atoms with Crippen molar-refractivity contribution in [3.05, 3.63) is 85.7 Å². The lowest BCUT2D eigenvalue weighted by Crippen LogP contribution is -2.35. The molecule has 0 fully saturated rings. The van der Waals surface area contributed by atoms with Gasteiger partial charge >= 0.3 is 11.2 Å². The van der Waals surface area contributed by atoms with E-state index in [1.165, 1.54) is 0 Å². The van der Waals surface area contributed by atoms with Gasteiger partial charge in [-0.2, -0.15) is 0 Å². The summed E-state index contributed by atoms with van der Waals surface area (Å²) in [7, 11) is 0. The number of nitrogens with zero attached hydrogens (tertiary/aromatic N) is 1. The molecule has 6 heteroatoms. The zero-order valence-corrected chi connectivity index (χ0v) is 11.8. The molecule has 1 N–H and O–H groups in total. The lowest BCUT2D eigenvalue weighted by atomic mass is 10.2. The van der Waals surface area contributed by atoms with Gasteiger partial charge in [0.25, 0.3) is 0 Å². The van der Waals surface area contributed by atoms with Gasteiger partial charge in [0, 0.05) is 0 Å². The number of para-hydroxylation sites is 2. The highest BCUT2D eigenvalue weighted by atomic mass is 16.3. The molecular formula is C17H10N2O4. The molecule has 0 radical (unpaired) electrons. The first-order chi connectivity index (χ1) is 11.2. The zero-order valence-electron chi connectivity index (χ0n) is 11.8. The number of aromatic nitrogens is 2. The maximum atomic E-state index is 12.7. The summed E-state index contributed by atoms with van der Waals surface area (Å²) in [6, 6.07) is 15.0. The van der Waals surface area contributed by atoms with Crippen molar-refractivity contribution in [3.63, 3.8) is 0 Å². The van der Waals surface area contributed by atoms with Crippen LogP contribution in [0.4, 0.5) is 0 Å². The van der Waals surface area contributed by atoms with Crippen molar-refractivity contribution in [2.24, 2.45) is 0 Å². The molecule has 0 unspecified atom stereocenters. The SMILES string of the molecule is O=c1c2ccccc2oc2c(=O)n(-c3ccccc3)c(=O)[nH]c12. The second-order valence-corrected chi connectivity index (χ2v) is 5.04. The van der Waals surface area contributed by atoms with E-state index < -0.39 is 16.7 Å². The Kier molecular flexibility index (Phi) is 2.77. The highest BCUT2D eigenvalue weighted by Crippen LogP contribution is 2.14. The predicted octanol–water partition coefficient (Wildman–Crippen LogP) is 1.79. The van der Waals surface area contributed by atoms with E-state index in [1.807, 2.05) is 0 Å². The molecule has 0 spiro atoms. The average molecular weight is 306 g/mol. The van der Waals surface area contributed by atoms with Crippen LogP contribution in [0.25, 0.3) is 27.8 Å². The first-order valence-electron chi connectivity index (χ1n) is 6.93. The third kappa shape index (κ3) is 1.92. The van der Waals surface area contributed by atoms with Crippen LogP contribution in [0, 0.1) is 0 Å². The molecule has 2 aromatic carbocycles. The Hall–Kier alpha value is -3.41. The molecule has 23 heavy (non-hydrogen) atoms. The van der Waals surface area contributed by atoms with Gasteiger partial charge in [-0.1, -0.05) is 30.3 Å². The first-order valence-corrected chi connectivity index (χ1v) is 6.93. The molecule has 0 saturated heterocycles. The Balaban J connectivity index is 2.22. The molecule has 2 heterocycles. The Morgan fingerprint density at radius 1 is 0.870 bits per heavy atom. The summed E-state index contributed by atoms with van der Waals surface area (Å²) in [5, 5.41) is 0.313. The summed E-state index contributed by atoms with van der Waals surface area (Å²) in [6.07, 6.45) is 0. The molecule has 0 aliphatic heterocycles. The van der Waals surface area contributed by atoms with Crippen molar-refractivity contribution in [2.75, 3.05) is 0 Å².